The average molecular weight is 262 g/mol. The molecule has 1 atom stereocenters. The van der Waals surface area contributed by atoms with Gasteiger partial charge in [0.25, 0.3) is 0 Å². The molecule has 1 aromatic rings. The Morgan fingerprint density at radius 3 is 2.84 bits per heavy atom. The van der Waals surface area contributed by atoms with Crippen molar-refractivity contribution in [2.24, 2.45) is 5.41 Å². The van der Waals surface area contributed by atoms with Crippen LogP contribution in [0, 0.1) is 5.41 Å². The Hall–Kier alpha value is -2.04. The maximum absolute atomic E-state index is 12.1. The van der Waals surface area contributed by atoms with E-state index in [0.29, 0.717) is 13.1 Å². The molecule has 5 nitrogen and oxygen atoms in total. The van der Waals surface area contributed by atoms with Crippen LogP contribution in [-0.2, 0) is 16.1 Å². The summed E-state index contributed by atoms with van der Waals surface area (Å²) in [5.41, 5.74) is 0.262. The van der Waals surface area contributed by atoms with Crippen molar-refractivity contribution in [2.75, 3.05) is 13.7 Å². The van der Waals surface area contributed by atoms with E-state index in [4.69, 9.17) is 4.74 Å². The molecule has 0 aromatic heterocycles. The summed E-state index contributed by atoms with van der Waals surface area (Å²) >= 11 is 0. The van der Waals surface area contributed by atoms with Crippen molar-refractivity contribution in [3.63, 3.8) is 0 Å². The van der Waals surface area contributed by atoms with Crippen molar-refractivity contribution >= 4 is 11.8 Å². The van der Waals surface area contributed by atoms with E-state index < -0.39 is 5.41 Å². The summed E-state index contributed by atoms with van der Waals surface area (Å²) in [6.45, 7) is 2.58. The van der Waals surface area contributed by atoms with Crippen LogP contribution in [0.4, 0.5) is 0 Å². The van der Waals surface area contributed by atoms with Gasteiger partial charge in [-0.05, 0) is 13.0 Å². The lowest BCUT2D eigenvalue weighted by molar-refractivity contribution is -0.131. The van der Waals surface area contributed by atoms with Crippen LogP contribution in [0.25, 0.3) is 0 Å². The van der Waals surface area contributed by atoms with Gasteiger partial charge in [0.1, 0.15) is 5.75 Å². The van der Waals surface area contributed by atoms with E-state index in [1.165, 1.54) is 0 Å². The number of hydrogen-bond acceptors (Lipinski definition) is 3. The zero-order valence-corrected chi connectivity index (χ0v) is 11.2. The maximum atomic E-state index is 12.1. The fraction of sp³-hybridized carbons (Fsp3) is 0.429. The molecule has 1 unspecified atom stereocenters. The molecule has 1 heterocycles. The number of para-hydroxylation sites is 1. The minimum Gasteiger partial charge on any atom is -0.496 e. The first-order valence-corrected chi connectivity index (χ1v) is 6.22. The number of methoxy groups -OCH3 is 1. The van der Waals surface area contributed by atoms with Gasteiger partial charge in [0, 0.05) is 25.1 Å². The quantitative estimate of drug-likeness (QED) is 0.845. The molecular weight excluding hydrogens is 244 g/mol. The molecule has 19 heavy (non-hydrogen) atoms. The molecule has 2 amide bonds. The van der Waals surface area contributed by atoms with Crippen LogP contribution >= 0.6 is 0 Å². The Morgan fingerprint density at radius 1 is 1.47 bits per heavy atom. The van der Waals surface area contributed by atoms with Gasteiger partial charge in [0.15, 0.2) is 0 Å². The van der Waals surface area contributed by atoms with Gasteiger partial charge < -0.3 is 15.4 Å². The molecule has 0 aliphatic carbocycles. The highest BCUT2D eigenvalue weighted by Crippen LogP contribution is 2.26. The Labute approximate surface area is 112 Å². The number of ether oxygens (including phenoxy) is 1. The average Bonchev–Trinajstić information content (AvgIpc) is 2.77. The summed E-state index contributed by atoms with van der Waals surface area (Å²) in [6.07, 6.45) is 0.241. The van der Waals surface area contributed by atoms with E-state index in [1.54, 1.807) is 14.0 Å². The topological polar surface area (TPSA) is 67.4 Å². The summed E-state index contributed by atoms with van der Waals surface area (Å²) in [5, 5.41) is 5.55. The lowest BCUT2D eigenvalue weighted by Crippen LogP contribution is -2.40. The van der Waals surface area contributed by atoms with Crippen LogP contribution in [-0.4, -0.2) is 25.5 Å². The molecule has 0 saturated carbocycles. The Kier molecular flexibility index (Phi) is 3.74. The monoisotopic (exact) mass is 262 g/mol. The molecule has 5 heteroatoms. The summed E-state index contributed by atoms with van der Waals surface area (Å²) in [7, 11) is 1.60. The molecule has 0 radical (unpaired) electrons. The van der Waals surface area contributed by atoms with Crippen molar-refractivity contribution in [3.8, 4) is 5.75 Å². The minimum absolute atomic E-state index is 0.0741. The number of amides is 2. The van der Waals surface area contributed by atoms with Crippen molar-refractivity contribution in [3.05, 3.63) is 29.8 Å². The van der Waals surface area contributed by atoms with Gasteiger partial charge in [-0.25, -0.2) is 0 Å². The number of benzene rings is 1. The smallest absolute Gasteiger partial charge is 0.228 e. The number of carbonyl (C=O) groups is 2. The molecule has 2 N–H and O–H groups in total. The molecule has 1 aliphatic rings. The van der Waals surface area contributed by atoms with E-state index in [1.807, 2.05) is 24.3 Å². The minimum atomic E-state index is -0.654. The van der Waals surface area contributed by atoms with Gasteiger partial charge in [-0.1, -0.05) is 18.2 Å². The van der Waals surface area contributed by atoms with Crippen LogP contribution < -0.4 is 15.4 Å². The van der Waals surface area contributed by atoms with Crippen LogP contribution in [0.1, 0.15) is 18.9 Å². The second-order valence-corrected chi connectivity index (χ2v) is 5.01. The molecular formula is C14H18N2O3. The molecule has 0 bridgehead atoms. The van der Waals surface area contributed by atoms with Crippen molar-refractivity contribution in [1.82, 2.24) is 10.6 Å². The molecule has 2 rings (SSSR count). The highest BCUT2D eigenvalue weighted by atomic mass is 16.5. The maximum Gasteiger partial charge on any atom is 0.228 e. The fourth-order valence-corrected chi connectivity index (χ4v) is 2.17. The van der Waals surface area contributed by atoms with Crippen LogP contribution in [0.2, 0.25) is 0 Å². The zero-order valence-electron chi connectivity index (χ0n) is 11.2. The Balaban J connectivity index is 1.99. The SMILES string of the molecule is COc1ccccc1CNC(=O)C1(C)CNC(=O)C1. The number of carbonyl (C=O) groups excluding carboxylic acids is 2. The van der Waals surface area contributed by atoms with Crippen molar-refractivity contribution < 1.29 is 14.3 Å². The number of hydrogen-bond donors (Lipinski definition) is 2. The first-order valence-electron chi connectivity index (χ1n) is 6.22. The van der Waals surface area contributed by atoms with Gasteiger partial charge >= 0.3 is 0 Å². The molecule has 1 aromatic carbocycles. The Bertz CT molecular complexity index is 501. The predicted octanol–water partition coefficient (Wildman–Crippen LogP) is 0.838. The van der Waals surface area contributed by atoms with Crippen molar-refractivity contribution in [1.29, 1.82) is 0 Å². The second-order valence-electron chi connectivity index (χ2n) is 5.01. The fourth-order valence-electron chi connectivity index (χ4n) is 2.17. The van der Waals surface area contributed by atoms with Crippen LogP contribution in [0.15, 0.2) is 24.3 Å². The van der Waals surface area contributed by atoms with E-state index in [-0.39, 0.29) is 18.2 Å². The normalized spacial score (nSPS) is 21.9. The summed E-state index contributed by atoms with van der Waals surface area (Å²) in [5.74, 6) is 0.556. The zero-order chi connectivity index (χ0) is 13.9. The van der Waals surface area contributed by atoms with Gasteiger partial charge in [-0.15, -0.1) is 0 Å². The van der Waals surface area contributed by atoms with E-state index in [2.05, 4.69) is 10.6 Å². The first kappa shape index (κ1) is 13.4. The summed E-state index contributed by atoms with van der Waals surface area (Å²) in [4.78, 5) is 23.4. The van der Waals surface area contributed by atoms with Crippen LogP contribution in [0.5, 0.6) is 5.75 Å². The number of rotatable bonds is 4. The highest BCUT2D eigenvalue weighted by molar-refractivity contribution is 5.92. The highest BCUT2D eigenvalue weighted by Gasteiger charge is 2.40. The third-order valence-electron chi connectivity index (χ3n) is 3.41. The van der Waals surface area contributed by atoms with Gasteiger partial charge in [0.05, 0.1) is 12.5 Å². The largest absolute Gasteiger partial charge is 0.496 e. The molecule has 102 valence electrons. The standard InChI is InChI=1S/C14H18N2O3/c1-14(7-12(17)16-9-14)13(18)15-8-10-5-3-4-6-11(10)19-2/h3-6H,7-9H2,1-2H3,(H,15,18)(H,16,17). The van der Waals surface area contributed by atoms with Gasteiger partial charge in [-0.3, -0.25) is 9.59 Å². The Morgan fingerprint density at radius 2 is 2.21 bits per heavy atom. The van der Waals surface area contributed by atoms with E-state index in [0.717, 1.165) is 11.3 Å². The molecule has 1 saturated heterocycles. The molecule has 0 spiro atoms. The third kappa shape index (κ3) is 2.86. The molecule has 1 fully saturated rings. The molecule has 1 aliphatic heterocycles. The van der Waals surface area contributed by atoms with Gasteiger partial charge in [0.2, 0.25) is 11.8 Å². The second kappa shape index (κ2) is 5.30. The first-order chi connectivity index (χ1) is 9.05. The van der Waals surface area contributed by atoms with Crippen molar-refractivity contribution in [2.45, 2.75) is 19.9 Å². The van der Waals surface area contributed by atoms with E-state index in [9.17, 15) is 9.59 Å². The van der Waals surface area contributed by atoms with Gasteiger partial charge in [-0.2, -0.15) is 0 Å². The van der Waals surface area contributed by atoms with E-state index >= 15 is 0 Å². The lowest BCUT2D eigenvalue weighted by atomic mass is 9.88. The predicted molar refractivity (Wildman–Crippen MR) is 70.6 cm³/mol. The summed E-state index contributed by atoms with van der Waals surface area (Å²) < 4.78 is 5.23. The third-order valence-corrected chi connectivity index (χ3v) is 3.41. The number of nitrogens with one attached hydrogen (secondary N) is 2. The summed E-state index contributed by atoms with van der Waals surface area (Å²) in [6, 6.07) is 7.53. The van der Waals surface area contributed by atoms with Crippen LogP contribution in [0.3, 0.4) is 0 Å². The lowest BCUT2D eigenvalue weighted by Gasteiger charge is -2.20.